The van der Waals surface area contributed by atoms with Gasteiger partial charge in [-0.2, -0.15) is 10.1 Å². The number of aliphatic hydroxyl groups is 4. The van der Waals surface area contributed by atoms with E-state index in [9.17, 15) is 76.2 Å². The van der Waals surface area contributed by atoms with Gasteiger partial charge in [-0.25, -0.2) is 4.39 Å². The highest BCUT2D eigenvalue weighted by Crippen LogP contribution is 2.59. The third-order valence-corrected chi connectivity index (χ3v) is 19.0. The predicted octanol–water partition coefficient (Wildman–Crippen LogP) is 1.22. The molecule has 3 unspecified atom stereocenters. The highest BCUT2D eigenvalue weighted by atomic mass is 31.2. The molecule has 11 atom stereocenters. The number of nitrogens with zero attached hydrogens (tertiary/aromatic N) is 4. The molecule has 4 aliphatic rings. The topological polar surface area (TPSA) is 438 Å². The standard InChI is InChI=1S/C17H30NO9P.C11H20NO7P.C6H12NO5P.C5H9FNO5P/c1-16(2,3)14(21)24-9-26-28(23,11-8-12(19)18(7)13(11)20)27-10-25-15(22)17(4,5)6;1-11(2,3)10(15)18-6-19-20(16,17)7-5-8(13)12(4)9(7)14;1-6(13(2,11)12)3-4(8)7(10)5(6)9;1-13(11,12)5(6)2-3(8)7(10)4(5)9/h11-12,19H,8-10H2,1-7H3;7-8,13H,5-6H2,1-4H3,(H,16,17);4,8,10H,3H2,1-2H3,(H,11,12);3,8,10H,2H2,1H3,(H,11,12)/t11-,12-;7-,8-;4-,6-;3-,5-/m0011/s1. The fourth-order valence-electron chi connectivity index (χ4n) is 5.97. The van der Waals surface area contributed by atoms with Gasteiger partial charge >= 0.3 is 33.1 Å². The average molecular weight is 1150 g/mol. The van der Waals surface area contributed by atoms with Crippen molar-refractivity contribution in [3.05, 3.63) is 0 Å². The van der Waals surface area contributed by atoms with Crippen molar-refractivity contribution in [2.75, 3.05) is 47.8 Å². The Morgan fingerprint density at radius 2 is 0.905 bits per heavy atom. The Bertz CT molecular complexity index is 2180. The second-order valence-corrected chi connectivity index (χ2v) is 30.2. The van der Waals surface area contributed by atoms with Crippen LogP contribution in [0.3, 0.4) is 0 Å². The molecular formula is C39H71FN4O26P4. The molecule has 9 N–H and O–H groups in total. The third-order valence-electron chi connectivity index (χ3n) is 11.3. The van der Waals surface area contributed by atoms with E-state index in [0.717, 1.165) is 16.5 Å². The second-order valence-electron chi connectivity index (χ2n) is 20.7. The zero-order valence-electron chi connectivity index (χ0n) is 43.3. The molecule has 4 amide bonds. The van der Waals surface area contributed by atoms with Gasteiger partial charge in [0.15, 0.2) is 12.5 Å². The summed E-state index contributed by atoms with van der Waals surface area (Å²) in [5.74, 6) is -5.61. The molecule has 0 aromatic carbocycles. The number of rotatable bonds is 13. The first-order valence-electron chi connectivity index (χ1n) is 21.9. The lowest BCUT2D eigenvalue weighted by Crippen LogP contribution is -2.36. The van der Waals surface area contributed by atoms with Crippen LogP contribution in [-0.2, 0) is 79.6 Å². The lowest BCUT2D eigenvalue weighted by molar-refractivity contribution is -0.191. The molecule has 430 valence electrons. The lowest BCUT2D eigenvalue weighted by Gasteiger charge is -2.24. The van der Waals surface area contributed by atoms with Crippen molar-refractivity contribution >= 4 is 71.5 Å². The number of hydroxylamine groups is 4. The van der Waals surface area contributed by atoms with E-state index < -0.39 is 161 Å². The quantitative estimate of drug-likeness (QED) is 0.0411. The highest BCUT2D eigenvalue weighted by Gasteiger charge is 2.62. The molecule has 0 spiro atoms. The predicted molar refractivity (Wildman–Crippen MR) is 249 cm³/mol. The maximum absolute atomic E-state index is 13.5. The van der Waals surface area contributed by atoms with Crippen LogP contribution in [0.15, 0.2) is 0 Å². The summed E-state index contributed by atoms with van der Waals surface area (Å²) in [7, 11) is -13.9. The number of esters is 3. The molecule has 0 aromatic heterocycles. The number of hydrogen-bond acceptors (Lipinski definition) is 23. The Hall–Kier alpha value is -3.34. The maximum Gasteiger partial charge on any atom is 0.349 e. The summed E-state index contributed by atoms with van der Waals surface area (Å²) in [6, 6.07) is 0. The molecule has 0 bridgehead atoms. The minimum absolute atomic E-state index is 0.104. The van der Waals surface area contributed by atoms with Gasteiger partial charge in [-0.05, 0) is 69.2 Å². The molecule has 4 heterocycles. The Balaban J connectivity index is 0.000000520. The number of halogens is 1. The van der Waals surface area contributed by atoms with Crippen LogP contribution in [0.1, 0.15) is 94.9 Å². The maximum atomic E-state index is 13.5. The summed E-state index contributed by atoms with van der Waals surface area (Å²) in [6.07, 6.45) is -6.96. The van der Waals surface area contributed by atoms with Crippen molar-refractivity contribution in [1.29, 1.82) is 0 Å². The summed E-state index contributed by atoms with van der Waals surface area (Å²) in [6.45, 7) is 15.5. The van der Waals surface area contributed by atoms with E-state index in [1.54, 1.807) is 62.3 Å². The minimum Gasteiger partial charge on any atom is -0.438 e. The molecule has 74 heavy (non-hydrogen) atoms. The molecule has 0 aromatic rings. The van der Waals surface area contributed by atoms with Gasteiger partial charge < -0.3 is 59.1 Å². The number of amides is 4. The minimum atomic E-state index is -4.33. The third kappa shape index (κ3) is 17.1. The molecular weight excluding hydrogens is 1080 g/mol. The molecule has 0 saturated carbocycles. The number of likely N-dealkylation sites (tertiary alicyclic amines) is 2. The van der Waals surface area contributed by atoms with Crippen LogP contribution in [0, 0.1) is 16.2 Å². The van der Waals surface area contributed by atoms with Crippen LogP contribution in [-0.4, -0.2) is 202 Å². The van der Waals surface area contributed by atoms with E-state index in [2.05, 4.69) is 4.52 Å². The van der Waals surface area contributed by atoms with Crippen LogP contribution in [0.5, 0.6) is 0 Å². The molecule has 35 heteroatoms. The number of hydrogen-bond donors (Lipinski definition) is 9. The zero-order valence-corrected chi connectivity index (χ0v) is 46.9. The summed E-state index contributed by atoms with van der Waals surface area (Å²) in [5.41, 5.74) is -5.03. The monoisotopic (exact) mass is 1150 g/mol. The summed E-state index contributed by atoms with van der Waals surface area (Å²) < 4.78 is 90.4. The van der Waals surface area contributed by atoms with Crippen LogP contribution in [0.25, 0.3) is 0 Å². The molecule has 4 rings (SSSR count). The number of aliphatic hydroxyl groups excluding tert-OH is 4. The zero-order chi connectivity index (χ0) is 58.5. The summed E-state index contributed by atoms with van der Waals surface area (Å²) >= 11 is 0. The fraction of sp³-hybridized carbons (Fsp3) is 0.821. The Labute approximate surface area is 425 Å². The van der Waals surface area contributed by atoms with Crippen molar-refractivity contribution in [3.8, 4) is 0 Å². The van der Waals surface area contributed by atoms with Gasteiger partial charge in [0.25, 0.3) is 17.2 Å². The second kappa shape index (κ2) is 25.0. The van der Waals surface area contributed by atoms with E-state index >= 15 is 0 Å². The van der Waals surface area contributed by atoms with Crippen molar-refractivity contribution in [2.45, 2.75) is 142 Å². The van der Waals surface area contributed by atoms with Crippen molar-refractivity contribution in [3.63, 3.8) is 0 Å². The summed E-state index contributed by atoms with van der Waals surface area (Å²) in [4.78, 5) is 111. The smallest absolute Gasteiger partial charge is 0.349 e. The Morgan fingerprint density at radius 1 is 0.581 bits per heavy atom. The summed E-state index contributed by atoms with van der Waals surface area (Å²) in [5, 5.41) is 50.1. The largest absolute Gasteiger partial charge is 0.438 e. The van der Waals surface area contributed by atoms with Gasteiger partial charge in [0.05, 0.1) is 16.2 Å². The van der Waals surface area contributed by atoms with Gasteiger partial charge in [0.1, 0.15) is 28.9 Å². The van der Waals surface area contributed by atoms with Gasteiger partial charge in [0, 0.05) is 53.1 Å². The van der Waals surface area contributed by atoms with E-state index in [1.165, 1.54) is 21.0 Å². The number of alkyl halides is 1. The number of carbonyl (C=O) groups excluding carboxylic acids is 7. The van der Waals surface area contributed by atoms with E-state index in [-0.39, 0.29) is 29.4 Å². The van der Waals surface area contributed by atoms with Crippen LogP contribution in [0.4, 0.5) is 4.39 Å². The fourth-order valence-corrected chi connectivity index (χ4v) is 10.9. The van der Waals surface area contributed by atoms with Crippen LogP contribution in [0.2, 0.25) is 0 Å². The SMILES string of the molecule is CN1C(=O)[C@@H](P(=O)(O)OCOC(=O)C(C)(C)C)C[C@@H]1O.CN1C(=O)[C@@H](P(=O)(OCOC(=O)C(C)(C)C)OCOC(=O)C(C)(C)C)C[C@@H]1O.CP(=O)(O)[C@]1(F)C[C@@H](O)N(O)C1=O.C[C@@]1(P(C)(=O)O)C[C@@H](O)N(O)C1=O. The Kier molecular flexibility index (Phi) is 23.2. The lowest BCUT2D eigenvalue weighted by atomic mass is 9.98. The first-order chi connectivity index (χ1) is 33.0. The molecule has 4 aliphatic heterocycles. The highest BCUT2D eigenvalue weighted by molar-refractivity contribution is 7.60. The van der Waals surface area contributed by atoms with E-state index in [4.69, 9.17) is 48.8 Å². The van der Waals surface area contributed by atoms with E-state index in [1.807, 2.05) is 0 Å². The Morgan fingerprint density at radius 3 is 1.14 bits per heavy atom. The first-order valence-corrected chi connectivity index (χ1v) is 29.4. The average Bonchev–Trinajstić information content (AvgIpc) is 3.83. The molecule has 4 saturated heterocycles. The first kappa shape index (κ1) is 68.7. The van der Waals surface area contributed by atoms with Crippen LogP contribution >= 0.6 is 29.9 Å². The number of ether oxygens (including phenoxy) is 3. The van der Waals surface area contributed by atoms with Crippen molar-refractivity contribution in [2.24, 2.45) is 16.2 Å². The normalized spacial score (nSPS) is 28.9. The van der Waals surface area contributed by atoms with E-state index in [0.29, 0.717) is 6.66 Å². The van der Waals surface area contributed by atoms with Gasteiger partial charge in [0.2, 0.25) is 46.9 Å². The number of carbonyl (C=O) groups is 7. The van der Waals surface area contributed by atoms with Gasteiger partial charge in [-0.3, -0.25) is 75.8 Å². The molecule has 0 aliphatic carbocycles. The van der Waals surface area contributed by atoms with Crippen molar-refractivity contribution in [1.82, 2.24) is 19.9 Å². The molecule has 30 nitrogen and oxygen atoms in total. The molecule has 0 radical (unpaired) electrons. The van der Waals surface area contributed by atoms with Gasteiger partial charge in [-0.15, -0.1) is 0 Å². The van der Waals surface area contributed by atoms with Crippen LogP contribution < -0.4 is 0 Å². The molecule has 4 fully saturated rings. The van der Waals surface area contributed by atoms with Gasteiger partial charge in [-0.1, -0.05) is 0 Å². The van der Waals surface area contributed by atoms with Crippen molar-refractivity contribution < 1.29 is 130 Å².